The minimum absolute atomic E-state index is 0.0121. The predicted molar refractivity (Wildman–Crippen MR) is 108 cm³/mol. The van der Waals surface area contributed by atoms with Crippen molar-refractivity contribution in [3.05, 3.63) is 47.8 Å². The van der Waals surface area contributed by atoms with Crippen LogP contribution in [0.3, 0.4) is 0 Å². The molecule has 7 nitrogen and oxygen atoms in total. The Morgan fingerprint density at radius 1 is 1.14 bits per heavy atom. The number of hydrogen-bond acceptors (Lipinski definition) is 4. The van der Waals surface area contributed by atoms with Gasteiger partial charge in [-0.2, -0.15) is 5.10 Å². The van der Waals surface area contributed by atoms with E-state index in [1.807, 2.05) is 53.0 Å². The molecular formula is C21H29N5O2. The fourth-order valence-corrected chi connectivity index (χ4v) is 4.06. The number of piperazine rings is 1. The fraction of sp³-hybridized carbons (Fsp3) is 0.524. The largest absolute Gasteiger partial charge is 0.381 e. The van der Waals surface area contributed by atoms with E-state index in [9.17, 15) is 4.79 Å². The first-order valence-corrected chi connectivity index (χ1v) is 10.2. The molecule has 7 heteroatoms. The zero-order valence-electron chi connectivity index (χ0n) is 16.5. The van der Waals surface area contributed by atoms with Crippen LogP contribution in [0.25, 0.3) is 5.69 Å². The van der Waals surface area contributed by atoms with Crippen molar-refractivity contribution in [2.24, 2.45) is 0 Å². The third-order valence-electron chi connectivity index (χ3n) is 5.70. The van der Waals surface area contributed by atoms with E-state index in [4.69, 9.17) is 4.74 Å². The minimum Gasteiger partial charge on any atom is -0.381 e. The van der Waals surface area contributed by atoms with Crippen LogP contribution in [0.2, 0.25) is 0 Å². The molecule has 1 N–H and O–H groups in total. The molecule has 2 saturated heterocycles. The first-order chi connectivity index (χ1) is 13.7. The summed E-state index contributed by atoms with van der Waals surface area (Å²) in [6, 6.07) is 10.7. The summed E-state index contributed by atoms with van der Waals surface area (Å²) >= 11 is 0. The number of nitrogens with one attached hydrogen (secondary N) is 1. The highest BCUT2D eigenvalue weighted by Gasteiger charge is 2.27. The Morgan fingerprint density at radius 3 is 2.61 bits per heavy atom. The van der Waals surface area contributed by atoms with Gasteiger partial charge in [-0.05, 0) is 37.5 Å². The van der Waals surface area contributed by atoms with Crippen LogP contribution in [0, 0.1) is 6.92 Å². The highest BCUT2D eigenvalue weighted by Crippen LogP contribution is 2.17. The molecule has 2 fully saturated rings. The van der Waals surface area contributed by atoms with Crippen molar-refractivity contribution in [2.45, 2.75) is 32.4 Å². The van der Waals surface area contributed by atoms with Crippen molar-refractivity contribution >= 4 is 6.03 Å². The molecule has 2 amide bonds. The van der Waals surface area contributed by atoms with Gasteiger partial charge >= 0.3 is 6.03 Å². The Balaban J connectivity index is 1.31. The number of benzene rings is 1. The Labute approximate surface area is 166 Å². The number of aryl methyl sites for hydroxylation is 1. The van der Waals surface area contributed by atoms with Crippen LogP contribution in [0.5, 0.6) is 0 Å². The SMILES string of the molecule is Cc1ccn(-c2ccccc2CNC(=O)N2CCN(C3CCOCC3)CC2)n1. The predicted octanol–water partition coefficient (Wildman–Crippen LogP) is 2.19. The number of carbonyl (C=O) groups excluding carboxylic acids is 1. The monoisotopic (exact) mass is 383 g/mol. The molecule has 1 aromatic carbocycles. The molecule has 0 unspecified atom stereocenters. The molecule has 150 valence electrons. The highest BCUT2D eigenvalue weighted by molar-refractivity contribution is 5.74. The van der Waals surface area contributed by atoms with Crippen molar-refractivity contribution < 1.29 is 9.53 Å². The van der Waals surface area contributed by atoms with Crippen molar-refractivity contribution in [2.75, 3.05) is 39.4 Å². The Hall–Kier alpha value is -2.38. The number of nitrogens with zero attached hydrogens (tertiary/aromatic N) is 4. The molecule has 0 bridgehead atoms. The second-order valence-electron chi connectivity index (χ2n) is 7.56. The van der Waals surface area contributed by atoms with E-state index < -0.39 is 0 Å². The molecule has 0 aliphatic carbocycles. The van der Waals surface area contributed by atoms with Gasteiger partial charge in [-0.15, -0.1) is 0 Å². The van der Waals surface area contributed by atoms with Gasteiger partial charge in [-0.25, -0.2) is 9.48 Å². The second kappa shape index (κ2) is 8.75. The van der Waals surface area contributed by atoms with Crippen LogP contribution in [-0.4, -0.2) is 71.0 Å². The van der Waals surface area contributed by atoms with E-state index >= 15 is 0 Å². The van der Waals surface area contributed by atoms with Crippen LogP contribution in [0.4, 0.5) is 4.79 Å². The van der Waals surface area contributed by atoms with Gasteiger partial charge in [0.15, 0.2) is 0 Å². The number of para-hydroxylation sites is 1. The summed E-state index contributed by atoms with van der Waals surface area (Å²) in [6.45, 7) is 7.64. The number of amides is 2. The zero-order valence-corrected chi connectivity index (χ0v) is 16.5. The van der Waals surface area contributed by atoms with Crippen LogP contribution in [0.15, 0.2) is 36.5 Å². The number of hydrogen-bond donors (Lipinski definition) is 1. The van der Waals surface area contributed by atoms with E-state index in [0.717, 1.165) is 69.2 Å². The molecule has 0 radical (unpaired) electrons. The Kier molecular flexibility index (Phi) is 5.92. The molecule has 2 aromatic rings. The van der Waals surface area contributed by atoms with Crippen molar-refractivity contribution in [1.29, 1.82) is 0 Å². The lowest BCUT2D eigenvalue weighted by Crippen LogP contribution is -2.54. The second-order valence-corrected chi connectivity index (χ2v) is 7.56. The first kappa shape index (κ1) is 19.0. The lowest BCUT2D eigenvalue weighted by Gasteiger charge is -2.40. The number of aromatic nitrogens is 2. The lowest BCUT2D eigenvalue weighted by molar-refractivity contribution is 0.0187. The zero-order chi connectivity index (χ0) is 19.3. The Morgan fingerprint density at radius 2 is 1.89 bits per heavy atom. The van der Waals surface area contributed by atoms with Gasteiger partial charge in [0.25, 0.3) is 0 Å². The van der Waals surface area contributed by atoms with Gasteiger partial charge in [-0.3, -0.25) is 4.90 Å². The highest BCUT2D eigenvalue weighted by atomic mass is 16.5. The molecule has 0 saturated carbocycles. The summed E-state index contributed by atoms with van der Waals surface area (Å²) in [4.78, 5) is 17.1. The fourth-order valence-electron chi connectivity index (χ4n) is 4.06. The smallest absolute Gasteiger partial charge is 0.317 e. The average molecular weight is 383 g/mol. The topological polar surface area (TPSA) is 62.6 Å². The normalized spacial score (nSPS) is 19.0. The van der Waals surface area contributed by atoms with Gasteiger partial charge in [0, 0.05) is 58.2 Å². The molecule has 0 atom stereocenters. The van der Waals surface area contributed by atoms with E-state index in [2.05, 4.69) is 15.3 Å². The molecule has 4 rings (SSSR count). The van der Waals surface area contributed by atoms with Gasteiger partial charge in [0.2, 0.25) is 0 Å². The van der Waals surface area contributed by atoms with Gasteiger partial charge < -0.3 is 15.0 Å². The summed E-state index contributed by atoms with van der Waals surface area (Å²) in [5.74, 6) is 0. The van der Waals surface area contributed by atoms with Gasteiger partial charge in [-0.1, -0.05) is 18.2 Å². The van der Waals surface area contributed by atoms with E-state index in [0.29, 0.717) is 12.6 Å². The summed E-state index contributed by atoms with van der Waals surface area (Å²) in [5, 5.41) is 7.58. The average Bonchev–Trinajstić information content (AvgIpc) is 3.19. The van der Waals surface area contributed by atoms with Gasteiger partial charge in [0.05, 0.1) is 11.4 Å². The number of rotatable bonds is 4. The third kappa shape index (κ3) is 4.36. The molecular weight excluding hydrogens is 354 g/mol. The maximum absolute atomic E-state index is 12.7. The van der Waals surface area contributed by atoms with E-state index in [1.165, 1.54) is 0 Å². The summed E-state index contributed by atoms with van der Waals surface area (Å²) in [6.07, 6.45) is 4.16. The molecule has 3 heterocycles. The summed E-state index contributed by atoms with van der Waals surface area (Å²) < 4.78 is 7.32. The van der Waals surface area contributed by atoms with Crippen LogP contribution in [0.1, 0.15) is 24.1 Å². The van der Waals surface area contributed by atoms with E-state index in [-0.39, 0.29) is 6.03 Å². The van der Waals surface area contributed by atoms with Gasteiger partial charge in [0.1, 0.15) is 0 Å². The number of urea groups is 1. The summed E-state index contributed by atoms with van der Waals surface area (Å²) in [7, 11) is 0. The molecule has 2 aliphatic rings. The quantitative estimate of drug-likeness (QED) is 0.879. The maximum atomic E-state index is 12.7. The summed E-state index contributed by atoms with van der Waals surface area (Å²) in [5.41, 5.74) is 3.03. The van der Waals surface area contributed by atoms with E-state index in [1.54, 1.807) is 0 Å². The van der Waals surface area contributed by atoms with Crippen molar-refractivity contribution in [3.8, 4) is 5.69 Å². The molecule has 2 aliphatic heterocycles. The third-order valence-corrected chi connectivity index (χ3v) is 5.70. The number of ether oxygens (including phenoxy) is 1. The minimum atomic E-state index is 0.0121. The molecule has 0 spiro atoms. The Bertz CT molecular complexity index is 792. The molecule has 1 aromatic heterocycles. The molecule has 28 heavy (non-hydrogen) atoms. The maximum Gasteiger partial charge on any atom is 0.317 e. The number of carbonyl (C=O) groups is 1. The standard InChI is InChI=1S/C21H29N5O2/c1-17-6-9-26(23-17)20-5-3-2-4-18(20)16-22-21(27)25-12-10-24(11-13-25)19-7-14-28-15-8-19/h2-6,9,19H,7-8,10-16H2,1H3,(H,22,27). The lowest BCUT2D eigenvalue weighted by atomic mass is 10.1. The first-order valence-electron chi connectivity index (χ1n) is 10.2. The van der Waals surface area contributed by atoms with Crippen LogP contribution >= 0.6 is 0 Å². The van der Waals surface area contributed by atoms with Crippen molar-refractivity contribution in [1.82, 2.24) is 24.9 Å². The van der Waals surface area contributed by atoms with Crippen LogP contribution in [-0.2, 0) is 11.3 Å². The van der Waals surface area contributed by atoms with Crippen molar-refractivity contribution in [3.63, 3.8) is 0 Å². The van der Waals surface area contributed by atoms with Crippen LogP contribution < -0.4 is 5.32 Å².